The van der Waals surface area contributed by atoms with Crippen molar-refractivity contribution in [3.63, 3.8) is 0 Å². The highest BCUT2D eigenvalue weighted by Crippen LogP contribution is 2.45. The van der Waals surface area contributed by atoms with E-state index in [0.717, 1.165) is 49.5 Å². The number of hydrogen-bond acceptors (Lipinski definition) is 4. The summed E-state index contributed by atoms with van der Waals surface area (Å²) in [5.74, 6) is 0.0697. The van der Waals surface area contributed by atoms with Gasteiger partial charge in [0.15, 0.2) is 5.69 Å². The molecule has 186 valence electrons. The van der Waals surface area contributed by atoms with E-state index >= 15 is 0 Å². The van der Waals surface area contributed by atoms with Gasteiger partial charge < -0.3 is 5.11 Å². The molecule has 0 aliphatic rings. The maximum absolute atomic E-state index is 11.8. The molecule has 5 nitrogen and oxygen atoms in total. The lowest BCUT2D eigenvalue weighted by Crippen LogP contribution is -2.11. The predicted octanol–water partition coefficient (Wildman–Crippen LogP) is 9.10. The number of azo groups is 1. The summed E-state index contributed by atoms with van der Waals surface area (Å²) in [5, 5.41) is 24.0. The summed E-state index contributed by atoms with van der Waals surface area (Å²) >= 11 is 0. The van der Waals surface area contributed by atoms with E-state index in [-0.39, 0.29) is 11.9 Å². The normalized spacial score (nSPS) is 11.8. The maximum Gasteiger partial charge on any atom is 0.221 e. The van der Waals surface area contributed by atoms with Crippen LogP contribution < -0.4 is 0 Å². The van der Waals surface area contributed by atoms with Crippen molar-refractivity contribution in [1.29, 1.82) is 0 Å². The van der Waals surface area contributed by atoms with Gasteiger partial charge in [-0.15, -0.1) is 10.2 Å². The van der Waals surface area contributed by atoms with E-state index in [9.17, 15) is 5.11 Å². The molecule has 2 aromatic heterocycles. The number of rotatable bonds is 5. The van der Waals surface area contributed by atoms with E-state index < -0.39 is 0 Å². The topological polar surface area (TPSA) is 62.8 Å². The molecule has 0 saturated heterocycles. The molecule has 0 spiro atoms. The fourth-order valence-electron chi connectivity index (χ4n) is 5.38. The second-order valence-electron chi connectivity index (χ2n) is 9.48. The highest BCUT2D eigenvalue weighted by molar-refractivity contribution is 6.06. The van der Waals surface area contributed by atoms with Crippen molar-refractivity contribution < 1.29 is 5.11 Å². The Hall–Kier alpha value is -5.29. The molecule has 5 aromatic carbocycles. The molecule has 5 heteroatoms. The number of benzene rings is 5. The predicted molar refractivity (Wildman–Crippen MR) is 157 cm³/mol. The Labute approximate surface area is 225 Å². The minimum absolute atomic E-state index is 0.0697. The Kier molecular flexibility index (Phi) is 5.60. The molecular weight excluding hydrogens is 480 g/mol. The number of pyridine rings is 1. The molecule has 0 aliphatic heterocycles. The largest absolute Gasteiger partial charge is 0.493 e. The summed E-state index contributed by atoms with van der Waals surface area (Å²) in [6.07, 6.45) is 0. The van der Waals surface area contributed by atoms with Crippen molar-refractivity contribution in [2.45, 2.75) is 6.04 Å². The van der Waals surface area contributed by atoms with E-state index in [4.69, 9.17) is 15.2 Å². The van der Waals surface area contributed by atoms with Crippen molar-refractivity contribution >= 4 is 44.1 Å². The molecule has 0 fully saturated rings. The zero-order chi connectivity index (χ0) is 26.2. The van der Waals surface area contributed by atoms with Crippen molar-refractivity contribution in [1.82, 2.24) is 9.55 Å². The van der Waals surface area contributed by atoms with Crippen LogP contribution in [0, 0.1) is 0 Å². The van der Waals surface area contributed by atoms with E-state index in [2.05, 4.69) is 24.3 Å². The van der Waals surface area contributed by atoms with Gasteiger partial charge in [-0.2, -0.15) is 0 Å². The summed E-state index contributed by atoms with van der Waals surface area (Å²) in [6, 6.07) is 44.0. The summed E-state index contributed by atoms with van der Waals surface area (Å²) in [7, 11) is 0. The number of hydrogen-bond donors (Lipinski definition) is 1. The monoisotopic (exact) mass is 504 g/mol. The zero-order valence-corrected chi connectivity index (χ0v) is 21.0. The van der Waals surface area contributed by atoms with Gasteiger partial charge in [-0.25, -0.2) is 4.98 Å². The average molecular weight is 505 g/mol. The molecular formula is C34H24N4O. The quantitative estimate of drug-likeness (QED) is 0.188. The Balaban J connectivity index is 1.47. The number of para-hydroxylation sites is 3. The van der Waals surface area contributed by atoms with Gasteiger partial charge in [-0.1, -0.05) is 115 Å². The molecule has 0 bridgehead atoms. The molecule has 0 atom stereocenters. The van der Waals surface area contributed by atoms with Crippen LogP contribution in [0.15, 0.2) is 144 Å². The van der Waals surface area contributed by atoms with Gasteiger partial charge in [0.05, 0.1) is 22.6 Å². The molecule has 7 aromatic rings. The Morgan fingerprint density at radius 3 is 1.56 bits per heavy atom. The second-order valence-corrected chi connectivity index (χ2v) is 9.48. The third-order valence-corrected chi connectivity index (χ3v) is 7.16. The maximum atomic E-state index is 11.8. The molecule has 0 saturated carbocycles. The van der Waals surface area contributed by atoms with Gasteiger partial charge in [0.1, 0.15) is 5.69 Å². The van der Waals surface area contributed by atoms with E-state index in [1.54, 1.807) is 0 Å². The van der Waals surface area contributed by atoms with Gasteiger partial charge in [0.25, 0.3) is 0 Å². The molecule has 0 amide bonds. The SMILES string of the molecule is Oc1c(N=Nc2c3ccccc3nc3ccccc23)c2ccccc2n1C(c1ccccc1)c1ccccc1. The Bertz CT molecular complexity index is 1880. The minimum Gasteiger partial charge on any atom is -0.493 e. The smallest absolute Gasteiger partial charge is 0.221 e. The number of nitrogens with zero attached hydrogens (tertiary/aromatic N) is 4. The first-order chi connectivity index (χ1) is 19.3. The van der Waals surface area contributed by atoms with Crippen molar-refractivity contribution in [2.75, 3.05) is 0 Å². The van der Waals surface area contributed by atoms with Gasteiger partial charge in [0, 0.05) is 16.2 Å². The third kappa shape index (κ3) is 3.92. The van der Waals surface area contributed by atoms with Gasteiger partial charge >= 0.3 is 0 Å². The molecule has 0 aliphatic carbocycles. The van der Waals surface area contributed by atoms with Crippen molar-refractivity contribution in [3.8, 4) is 5.88 Å². The van der Waals surface area contributed by atoms with Crippen LogP contribution in [0.3, 0.4) is 0 Å². The minimum atomic E-state index is -0.246. The fraction of sp³-hybridized carbons (Fsp3) is 0.0294. The van der Waals surface area contributed by atoms with Crippen LogP contribution in [0.5, 0.6) is 5.88 Å². The average Bonchev–Trinajstić information content (AvgIpc) is 3.27. The van der Waals surface area contributed by atoms with Gasteiger partial charge in [0.2, 0.25) is 5.88 Å². The lowest BCUT2D eigenvalue weighted by Gasteiger charge is -2.22. The zero-order valence-electron chi connectivity index (χ0n) is 21.0. The lowest BCUT2D eigenvalue weighted by molar-refractivity contribution is 0.418. The highest BCUT2D eigenvalue weighted by Gasteiger charge is 2.25. The van der Waals surface area contributed by atoms with E-state index in [0.29, 0.717) is 5.69 Å². The third-order valence-electron chi connectivity index (χ3n) is 7.16. The number of aromatic nitrogens is 2. The lowest BCUT2D eigenvalue weighted by atomic mass is 9.98. The highest BCUT2D eigenvalue weighted by atomic mass is 16.3. The number of fused-ring (bicyclic) bond motifs is 3. The van der Waals surface area contributed by atoms with Gasteiger partial charge in [-0.05, 0) is 29.3 Å². The molecule has 7 rings (SSSR count). The molecule has 0 radical (unpaired) electrons. The van der Waals surface area contributed by atoms with Crippen LogP contribution in [0.2, 0.25) is 0 Å². The van der Waals surface area contributed by atoms with Crippen LogP contribution >= 0.6 is 0 Å². The van der Waals surface area contributed by atoms with Gasteiger partial charge in [-0.3, -0.25) is 4.57 Å². The first-order valence-electron chi connectivity index (χ1n) is 12.9. The first-order valence-corrected chi connectivity index (χ1v) is 12.9. The molecule has 0 unspecified atom stereocenters. The van der Waals surface area contributed by atoms with Crippen LogP contribution in [0.25, 0.3) is 32.7 Å². The van der Waals surface area contributed by atoms with Crippen LogP contribution in [-0.4, -0.2) is 14.7 Å². The fourth-order valence-corrected chi connectivity index (χ4v) is 5.38. The van der Waals surface area contributed by atoms with Crippen LogP contribution in [0.1, 0.15) is 17.2 Å². The summed E-state index contributed by atoms with van der Waals surface area (Å²) in [6.45, 7) is 0. The molecule has 1 N–H and O–H groups in total. The molecule has 39 heavy (non-hydrogen) atoms. The summed E-state index contributed by atoms with van der Waals surface area (Å²) < 4.78 is 1.96. The second kappa shape index (κ2) is 9.54. The number of aromatic hydroxyl groups is 1. The standard InChI is InChI=1S/C34H24N4O/c39-34-32(37-36-31-25-17-7-10-20-28(25)35-29-21-11-8-18-26(29)31)27-19-9-12-22-30(27)38(34)33(23-13-3-1-4-14-23)24-15-5-2-6-16-24/h1-22,33,39H. The summed E-state index contributed by atoms with van der Waals surface area (Å²) in [5.41, 5.74) is 5.88. The first kappa shape index (κ1) is 22.9. The van der Waals surface area contributed by atoms with Crippen molar-refractivity contribution in [2.24, 2.45) is 10.2 Å². The van der Waals surface area contributed by atoms with Crippen LogP contribution in [-0.2, 0) is 0 Å². The van der Waals surface area contributed by atoms with Crippen molar-refractivity contribution in [3.05, 3.63) is 145 Å². The van der Waals surface area contributed by atoms with E-state index in [1.165, 1.54) is 0 Å². The van der Waals surface area contributed by atoms with Crippen LogP contribution in [0.4, 0.5) is 11.4 Å². The molecule has 2 heterocycles. The Morgan fingerprint density at radius 2 is 0.974 bits per heavy atom. The van der Waals surface area contributed by atoms with E-state index in [1.807, 2.05) is 114 Å². The Morgan fingerprint density at radius 1 is 0.513 bits per heavy atom. The summed E-state index contributed by atoms with van der Waals surface area (Å²) in [4.78, 5) is 4.80.